The number of fused-ring (bicyclic) bond motifs is 1. The molecule has 9 heteroatoms. The maximum absolute atomic E-state index is 13.8. The Labute approximate surface area is 238 Å². The van der Waals surface area contributed by atoms with Gasteiger partial charge in [0, 0.05) is 41.3 Å². The number of hydrogen-bond acceptors (Lipinski definition) is 6. The molecule has 4 aromatic rings. The smallest absolute Gasteiger partial charge is 0.258 e. The predicted octanol–water partition coefficient (Wildman–Crippen LogP) is 6.58. The monoisotopic (exact) mass is 558 g/mol. The molecule has 8 nitrogen and oxygen atoms in total. The van der Waals surface area contributed by atoms with Crippen LogP contribution >= 0.6 is 11.6 Å². The number of anilines is 2. The van der Waals surface area contributed by atoms with Crippen LogP contribution in [0.1, 0.15) is 60.4 Å². The molecule has 0 spiro atoms. The van der Waals surface area contributed by atoms with Crippen LogP contribution in [0.15, 0.2) is 77.3 Å². The average Bonchev–Trinajstić information content (AvgIpc) is 3.37. The lowest BCUT2D eigenvalue weighted by Crippen LogP contribution is -2.47. The Morgan fingerprint density at radius 2 is 1.80 bits per heavy atom. The van der Waals surface area contributed by atoms with Gasteiger partial charge in [-0.3, -0.25) is 9.59 Å². The molecule has 206 valence electrons. The van der Waals surface area contributed by atoms with Crippen molar-refractivity contribution >= 4 is 34.8 Å². The van der Waals surface area contributed by atoms with Gasteiger partial charge >= 0.3 is 0 Å². The molecule has 3 aromatic carbocycles. The number of aromatic nitrogens is 2. The van der Waals surface area contributed by atoms with E-state index in [9.17, 15) is 9.59 Å². The molecule has 0 saturated carbocycles. The number of halogens is 1. The summed E-state index contributed by atoms with van der Waals surface area (Å²) in [6.45, 7) is 5.86. The van der Waals surface area contributed by atoms with Gasteiger partial charge in [0.2, 0.25) is 11.8 Å². The zero-order valence-electron chi connectivity index (χ0n) is 22.7. The maximum atomic E-state index is 13.8. The number of rotatable bonds is 8. The van der Waals surface area contributed by atoms with Crippen molar-refractivity contribution < 1.29 is 18.8 Å². The minimum atomic E-state index is -0.222. The quantitative estimate of drug-likeness (QED) is 0.227. The van der Waals surface area contributed by atoms with Gasteiger partial charge in [-0.1, -0.05) is 35.0 Å². The van der Waals surface area contributed by atoms with E-state index in [-0.39, 0.29) is 23.9 Å². The molecule has 5 rings (SSSR count). The second-order valence-electron chi connectivity index (χ2n) is 9.91. The van der Waals surface area contributed by atoms with E-state index >= 15 is 0 Å². The summed E-state index contributed by atoms with van der Waals surface area (Å²) in [4.78, 5) is 34.5. The first kappa shape index (κ1) is 27.4. The lowest BCUT2D eigenvalue weighted by molar-refractivity contribution is -0.117. The molecule has 0 bridgehead atoms. The summed E-state index contributed by atoms with van der Waals surface area (Å²) in [5.41, 5.74) is 3.06. The van der Waals surface area contributed by atoms with Crippen LogP contribution in [0.25, 0.3) is 0 Å². The van der Waals surface area contributed by atoms with E-state index in [1.165, 1.54) is 0 Å². The summed E-state index contributed by atoms with van der Waals surface area (Å²) in [7, 11) is 0. The lowest BCUT2D eigenvalue weighted by Gasteiger charge is -2.43. The number of carbonyl (C=O) groups excluding carboxylic acids is 2. The fraction of sp³-hybridized carbons (Fsp3) is 0.290. The van der Waals surface area contributed by atoms with Gasteiger partial charge in [0.1, 0.15) is 5.75 Å². The summed E-state index contributed by atoms with van der Waals surface area (Å²) >= 11 is 6.10. The Morgan fingerprint density at radius 1 is 1.07 bits per heavy atom. The number of benzene rings is 3. The molecule has 2 amide bonds. The third-order valence-electron chi connectivity index (χ3n) is 7.01. The van der Waals surface area contributed by atoms with E-state index in [1.807, 2.05) is 60.4 Å². The first-order valence-corrected chi connectivity index (χ1v) is 13.7. The fourth-order valence-corrected chi connectivity index (χ4v) is 5.33. The second kappa shape index (κ2) is 11.9. The largest absolute Gasteiger partial charge is 0.494 e. The molecule has 1 aliphatic rings. The van der Waals surface area contributed by atoms with Crippen molar-refractivity contribution in [3.8, 4) is 5.75 Å². The SMILES string of the molecule is CC(=O)N(c1ccc(Cl)cc1)C1CC(C)N(C(=O)c2ccc(OCCCc3nc(C)no3)cc2)c2ccccc21. The zero-order valence-corrected chi connectivity index (χ0v) is 23.5. The molecule has 0 saturated heterocycles. The van der Waals surface area contributed by atoms with Crippen LogP contribution in [-0.2, 0) is 11.2 Å². The Morgan fingerprint density at radius 3 is 2.48 bits per heavy atom. The van der Waals surface area contributed by atoms with Gasteiger partial charge in [0.25, 0.3) is 5.91 Å². The first-order chi connectivity index (χ1) is 19.3. The number of hydrogen-bond donors (Lipinski definition) is 0. The first-order valence-electron chi connectivity index (χ1n) is 13.3. The molecule has 40 heavy (non-hydrogen) atoms. The van der Waals surface area contributed by atoms with E-state index in [0.717, 1.165) is 23.4 Å². The van der Waals surface area contributed by atoms with Crippen LogP contribution in [0, 0.1) is 6.92 Å². The van der Waals surface area contributed by atoms with Gasteiger partial charge < -0.3 is 19.1 Å². The minimum Gasteiger partial charge on any atom is -0.494 e. The van der Waals surface area contributed by atoms with Crippen LogP contribution in [-0.4, -0.2) is 34.6 Å². The molecule has 1 aromatic heterocycles. The van der Waals surface area contributed by atoms with Gasteiger partial charge in [0.05, 0.1) is 12.6 Å². The zero-order chi connectivity index (χ0) is 28.2. The Bertz CT molecular complexity index is 1490. The summed E-state index contributed by atoms with van der Waals surface area (Å²) in [5.74, 6) is 1.73. The summed E-state index contributed by atoms with van der Waals surface area (Å²) < 4.78 is 11.0. The Balaban J connectivity index is 1.32. The standard InChI is InChI=1S/C31H31ClN4O4/c1-20-19-29(36(22(3)37)25-14-12-24(32)13-15-25)27-7-4-5-8-28(27)35(20)31(38)23-10-16-26(17-11-23)39-18-6-9-30-33-21(2)34-40-30/h4-5,7-8,10-17,20,29H,6,9,18-19H2,1-3H3. The van der Waals surface area contributed by atoms with Crippen molar-refractivity contribution in [1.82, 2.24) is 10.1 Å². The van der Waals surface area contributed by atoms with Crippen molar-refractivity contribution in [3.05, 3.63) is 101 Å². The third kappa shape index (κ3) is 5.87. The Hall–Kier alpha value is -4.17. The number of amides is 2. The van der Waals surface area contributed by atoms with Gasteiger partial charge in [-0.25, -0.2) is 0 Å². The van der Waals surface area contributed by atoms with Gasteiger partial charge in [-0.15, -0.1) is 0 Å². The van der Waals surface area contributed by atoms with Crippen molar-refractivity contribution in [2.45, 2.75) is 52.1 Å². The molecule has 2 unspecified atom stereocenters. The predicted molar refractivity (Wildman–Crippen MR) is 154 cm³/mol. The Kier molecular flexibility index (Phi) is 8.16. The number of carbonyl (C=O) groups is 2. The molecule has 0 aliphatic carbocycles. The van der Waals surface area contributed by atoms with Gasteiger partial charge in [0.15, 0.2) is 5.82 Å². The van der Waals surface area contributed by atoms with E-state index in [4.69, 9.17) is 20.9 Å². The van der Waals surface area contributed by atoms with E-state index in [2.05, 4.69) is 10.1 Å². The third-order valence-corrected chi connectivity index (χ3v) is 7.26. The topological polar surface area (TPSA) is 88.8 Å². The molecule has 0 N–H and O–H groups in total. The highest BCUT2D eigenvalue weighted by molar-refractivity contribution is 6.30. The highest BCUT2D eigenvalue weighted by atomic mass is 35.5. The number of para-hydroxylation sites is 1. The number of ether oxygens (including phenoxy) is 1. The fourth-order valence-electron chi connectivity index (χ4n) is 5.21. The lowest BCUT2D eigenvalue weighted by atomic mass is 9.89. The van der Waals surface area contributed by atoms with Crippen LogP contribution < -0.4 is 14.5 Å². The highest BCUT2D eigenvalue weighted by Gasteiger charge is 2.38. The summed E-state index contributed by atoms with van der Waals surface area (Å²) in [6, 6.07) is 21.9. The molecular weight excluding hydrogens is 528 g/mol. The maximum Gasteiger partial charge on any atom is 0.258 e. The summed E-state index contributed by atoms with van der Waals surface area (Å²) in [6.07, 6.45) is 1.97. The van der Waals surface area contributed by atoms with Crippen molar-refractivity contribution in [2.24, 2.45) is 0 Å². The molecule has 2 heterocycles. The van der Waals surface area contributed by atoms with Crippen molar-refractivity contribution in [3.63, 3.8) is 0 Å². The van der Waals surface area contributed by atoms with Crippen LogP contribution in [0.5, 0.6) is 5.75 Å². The minimum absolute atomic E-state index is 0.0723. The van der Waals surface area contributed by atoms with Crippen LogP contribution in [0.2, 0.25) is 5.02 Å². The molecule has 0 radical (unpaired) electrons. The van der Waals surface area contributed by atoms with Crippen LogP contribution in [0.3, 0.4) is 0 Å². The molecule has 1 aliphatic heterocycles. The van der Waals surface area contributed by atoms with E-state index in [0.29, 0.717) is 47.5 Å². The van der Waals surface area contributed by atoms with E-state index in [1.54, 1.807) is 43.0 Å². The van der Waals surface area contributed by atoms with Gasteiger partial charge in [-0.05, 0) is 86.8 Å². The second-order valence-corrected chi connectivity index (χ2v) is 10.3. The highest BCUT2D eigenvalue weighted by Crippen LogP contribution is 2.43. The van der Waals surface area contributed by atoms with Gasteiger partial charge in [-0.2, -0.15) is 4.98 Å². The van der Waals surface area contributed by atoms with E-state index < -0.39 is 0 Å². The molecule has 0 fully saturated rings. The van der Waals surface area contributed by atoms with Crippen molar-refractivity contribution in [1.29, 1.82) is 0 Å². The van der Waals surface area contributed by atoms with Crippen LogP contribution in [0.4, 0.5) is 11.4 Å². The number of nitrogens with zero attached hydrogens (tertiary/aromatic N) is 4. The normalized spacial score (nSPS) is 16.4. The summed E-state index contributed by atoms with van der Waals surface area (Å²) in [5, 5.41) is 4.40. The number of aryl methyl sites for hydroxylation is 2. The molecular formula is C31H31ClN4O4. The average molecular weight is 559 g/mol. The van der Waals surface area contributed by atoms with Crippen molar-refractivity contribution in [2.75, 3.05) is 16.4 Å². The molecule has 2 atom stereocenters.